The van der Waals surface area contributed by atoms with Crippen LogP contribution in [0.4, 0.5) is 5.95 Å². The van der Waals surface area contributed by atoms with Crippen LogP contribution in [0, 0.1) is 6.92 Å². The van der Waals surface area contributed by atoms with Gasteiger partial charge in [0.05, 0.1) is 5.69 Å². The number of hydrogen-bond acceptors (Lipinski definition) is 3. The summed E-state index contributed by atoms with van der Waals surface area (Å²) in [6, 6.07) is 0. The lowest BCUT2D eigenvalue weighted by atomic mass is 10.2. The molecule has 0 fully saturated rings. The van der Waals surface area contributed by atoms with Crippen LogP contribution in [0.2, 0.25) is 0 Å². The first-order chi connectivity index (χ1) is 7.13. The van der Waals surface area contributed by atoms with Crippen molar-refractivity contribution in [3.8, 4) is 0 Å². The first kappa shape index (κ1) is 11.8. The Bertz CT molecular complexity index is 380. The van der Waals surface area contributed by atoms with Crippen LogP contribution < -0.4 is 10.5 Å². The van der Waals surface area contributed by atoms with Gasteiger partial charge in [-0.25, -0.2) is 4.98 Å². The van der Waals surface area contributed by atoms with Gasteiger partial charge in [-0.3, -0.25) is 9.78 Å². The van der Waals surface area contributed by atoms with E-state index < -0.39 is 0 Å². The van der Waals surface area contributed by atoms with Crippen molar-refractivity contribution in [3.05, 3.63) is 21.6 Å². The summed E-state index contributed by atoms with van der Waals surface area (Å²) < 4.78 is 0. The average molecular weight is 209 g/mol. The molecular formula is C11H19N3O. The quantitative estimate of drug-likeness (QED) is 0.817. The highest BCUT2D eigenvalue weighted by atomic mass is 16.1. The van der Waals surface area contributed by atoms with E-state index in [9.17, 15) is 4.79 Å². The fourth-order valence-corrected chi connectivity index (χ4v) is 1.58. The molecule has 0 saturated carbocycles. The Morgan fingerprint density at radius 2 is 1.87 bits per heavy atom. The highest BCUT2D eigenvalue weighted by Crippen LogP contribution is 2.08. The lowest BCUT2D eigenvalue weighted by molar-refractivity contribution is 0.799. The van der Waals surface area contributed by atoms with Crippen molar-refractivity contribution in [2.75, 3.05) is 18.0 Å². The van der Waals surface area contributed by atoms with E-state index in [1.807, 2.05) is 18.7 Å². The molecule has 15 heavy (non-hydrogen) atoms. The zero-order valence-electron chi connectivity index (χ0n) is 9.92. The molecule has 0 radical (unpaired) electrons. The van der Waals surface area contributed by atoms with E-state index in [0.29, 0.717) is 5.95 Å². The Kier molecular flexibility index (Phi) is 3.88. The van der Waals surface area contributed by atoms with Crippen molar-refractivity contribution in [2.45, 2.75) is 34.1 Å². The second-order valence-corrected chi connectivity index (χ2v) is 3.49. The van der Waals surface area contributed by atoms with Crippen molar-refractivity contribution >= 4 is 5.95 Å². The first-order valence-electron chi connectivity index (χ1n) is 5.48. The number of aromatic amines is 1. The second-order valence-electron chi connectivity index (χ2n) is 3.49. The fraction of sp³-hybridized carbons (Fsp3) is 0.636. The lowest BCUT2D eigenvalue weighted by Gasteiger charge is -2.19. The average Bonchev–Trinajstić information content (AvgIpc) is 2.24. The molecular weight excluding hydrogens is 190 g/mol. The topological polar surface area (TPSA) is 49.0 Å². The SMILES string of the molecule is CCc1nc(N(CC)CC)[nH]c(=O)c1C. The predicted molar refractivity (Wildman–Crippen MR) is 62.5 cm³/mol. The molecule has 0 atom stereocenters. The normalized spacial score (nSPS) is 10.4. The molecule has 0 bridgehead atoms. The van der Waals surface area contributed by atoms with Gasteiger partial charge < -0.3 is 4.90 Å². The number of nitrogens with one attached hydrogen (secondary N) is 1. The molecule has 0 unspecified atom stereocenters. The molecule has 1 N–H and O–H groups in total. The molecule has 4 heteroatoms. The standard InChI is InChI=1S/C11H19N3O/c1-5-9-8(4)10(15)13-11(12-9)14(6-2)7-3/h5-7H2,1-4H3,(H,12,13,15). The maximum atomic E-state index is 11.6. The largest absolute Gasteiger partial charge is 0.343 e. The van der Waals surface area contributed by atoms with Crippen LogP contribution in [0.1, 0.15) is 32.0 Å². The molecule has 1 aromatic heterocycles. The van der Waals surface area contributed by atoms with Crippen molar-refractivity contribution in [1.29, 1.82) is 0 Å². The molecule has 0 aliphatic carbocycles. The van der Waals surface area contributed by atoms with E-state index in [0.717, 1.165) is 30.8 Å². The highest BCUT2D eigenvalue weighted by molar-refractivity contribution is 5.32. The Morgan fingerprint density at radius 3 is 2.33 bits per heavy atom. The van der Waals surface area contributed by atoms with E-state index >= 15 is 0 Å². The lowest BCUT2D eigenvalue weighted by Crippen LogP contribution is -2.28. The molecule has 0 amide bonds. The van der Waals surface area contributed by atoms with E-state index in [-0.39, 0.29) is 5.56 Å². The van der Waals surface area contributed by atoms with Crippen molar-refractivity contribution in [2.24, 2.45) is 0 Å². The van der Waals surface area contributed by atoms with E-state index in [1.165, 1.54) is 0 Å². The van der Waals surface area contributed by atoms with Gasteiger partial charge in [0.1, 0.15) is 0 Å². The van der Waals surface area contributed by atoms with Crippen molar-refractivity contribution in [1.82, 2.24) is 9.97 Å². The number of rotatable bonds is 4. The Balaban J connectivity index is 3.21. The molecule has 0 saturated heterocycles. The van der Waals surface area contributed by atoms with Gasteiger partial charge in [-0.15, -0.1) is 0 Å². The minimum atomic E-state index is -0.0243. The summed E-state index contributed by atoms with van der Waals surface area (Å²) in [4.78, 5) is 21.0. The molecule has 1 heterocycles. The van der Waals surface area contributed by atoms with Crippen LogP contribution in [0.25, 0.3) is 0 Å². The van der Waals surface area contributed by atoms with E-state index in [2.05, 4.69) is 23.8 Å². The van der Waals surface area contributed by atoms with Crippen LogP contribution in [0.5, 0.6) is 0 Å². The zero-order valence-corrected chi connectivity index (χ0v) is 9.92. The summed E-state index contributed by atoms with van der Waals surface area (Å²) in [5.74, 6) is 0.687. The number of H-pyrrole nitrogens is 1. The van der Waals surface area contributed by atoms with Crippen LogP contribution in [-0.4, -0.2) is 23.1 Å². The summed E-state index contributed by atoms with van der Waals surface area (Å²) in [6.45, 7) is 9.64. The maximum Gasteiger partial charge on any atom is 0.255 e. The third-order valence-electron chi connectivity index (χ3n) is 2.64. The summed E-state index contributed by atoms with van der Waals surface area (Å²) in [7, 11) is 0. The molecule has 0 spiro atoms. The summed E-state index contributed by atoms with van der Waals surface area (Å²) in [6.07, 6.45) is 0.796. The van der Waals surface area contributed by atoms with Gasteiger partial charge in [0.2, 0.25) is 5.95 Å². The van der Waals surface area contributed by atoms with Gasteiger partial charge in [-0.2, -0.15) is 0 Å². The van der Waals surface area contributed by atoms with E-state index in [1.54, 1.807) is 0 Å². The van der Waals surface area contributed by atoms with Gasteiger partial charge in [0.15, 0.2) is 0 Å². The highest BCUT2D eigenvalue weighted by Gasteiger charge is 2.09. The van der Waals surface area contributed by atoms with E-state index in [4.69, 9.17) is 0 Å². The number of hydrogen-bond donors (Lipinski definition) is 1. The van der Waals surface area contributed by atoms with Crippen LogP contribution in [0.3, 0.4) is 0 Å². The molecule has 0 aromatic carbocycles. The van der Waals surface area contributed by atoms with Gasteiger partial charge >= 0.3 is 0 Å². The molecule has 1 rings (SSSR count). The Morgan fingerprint density at radius 1 is 1.27 bits per heavy atom. The Hall–Kier alpha value is -1.32. The van der Waals surface area contributed by atoms with Crippen molar-refractivity contribution < 1.29 is 0 Å². The molecule has 1 aromatic rings. The minimum Gasteiger partial charge on any atom is -0.343 e. The fourth-order valence-electron chi connectivity index (χ4n) is 1.58. The summed E-state index contributed by atoms with van der Waals surface area (Å²) >= 11 is 0. The van der Waals surface area contributed by atoms with Gasteiger partial charge in [-0.05, 0) is 27.2 Å². The summed E-state index contributed by atoms with van der Waals surface area (Å²) in [5.41, 5.74) is 1.60. The minimum absolute atomic E-state index is 0.0243. The monoisotopic (exact) mass is 209 g/mol. The van der Waals surface area contributed by atoms with Gasteiger partial charge in [0, 0.05) is 18.7 Å². The zero-order chi connectivity index (χ0) is 11.4. The number of aromatic nitrogens is 2. The third kappa shape index (κ3) is 2.37. The molecule has 0 aliphatic heterocycles. The number of nitrogens with zero attached hydrogens (tertiary/aromatic N) is 2. The smallest absolute Gasteiger partial charge is 0.255 e. The van der Waals surface area contributed by atoms with Crippen LogP contribution >= 0.6 is 0 Å². The number of anilines is 1. The van der Waals surface area contributed by atoms with Crippen molar-refractivity contribution in [3.63, 3.8) is 0 Å². The Labute approximate surface area is 90.3 Å². The molecule has 4 nitrogen and oxygen atoms in total. The predicted octanol–water partition coefficient (Wildman–Crippen LogP) is 1.49. The van der Waals surface area contributed by atoms with Crippen LogP contribution in [0.15, 0.2) is 4.79 Å². The van der Waals surface area contributed by atoms with Gasteiger partial charge in [-0.1, -0.05) is 6.92 Å². The van der Waals surface area contributed by atoms with Gasteiger partial charge in [0.25, 0.3) is 5.56 Å². The molecule has 0 aliphatic rings. The number of aryl methyl sites for hydroxylation is 1. The summed E-state index contributed by atoms with van der Waals surface area (Å²) in [5, 5.41) is 0. The second kappa shape index (κ2) is 4.96. The molecule has 84 valence electrons. The van der Waals surface area contributed by atoms with Crippen LogP contribution in [-0.2, 0) is 6.42 Å². The maximum absolute atomic E-state index is 11.6. The third-order valence-corrected chi connectivity index (χ3v) is 2.64. The first-order valence-corrected chi connectivity index (χ1v) is 5.48.